The fourth-order valence-electron chi connectivity index (χ4n) is 1.78. The lowest BCUT2D eigenvalue weighted by Gasteiger charge is -2.18. The molecule has 3 N–H and O–H groups in total. The van der Waals surface area contributed by atoms with Gasteiger partial charge in [0.1, 0.15) is 0 Å². The predicted octanol–water partition coefficient (Wildman–Crippen LogP) is 0.513. The molecule has 5 heteroatoms. The van der Waals surface area contributed by atoms with Crippen LogP contribution in [0.2, 0.25) is 0 Å². The molecule has 1 aromatic carbocycles. The molecule has 0 saturated heterocycles. The standard InChI is InChI=1S/C16H21N3O2/c1-12-6-7-13(5-4-9-17)11-14(12)16(21)19(3)10-8-15(20)18-2/h6-7,11H,8-10,17H2,1-3H3,(H,18,20). The summed E-state index contributed by atoms with van der Waals surface area (Å²) in [5, 5.41) is 2.54. The third-order valence-corrected chi connectivity index (χ3v) is 3.10. The van der Waals surface area contributed by atoms with Gasteiger partial charge in [0, 0.05) is 38.2 Å². The molecule has 0 aliphatic heterocycles. The van der Waals surface area contributed by atoms with Gasteiger partial charge in [-0.25, -0.2) is 0 Å². The second-order valence-corrected chi connectivity index (χ2v) is 4.69. The Hall–Kier alpha value is -2.32. The van der Waals surface area contributed by atoms with Gasteiger partial charge < -0.3 is 16.0 Å². The van der Waals surface area contributed by atoms with Gasteiger partial charge in [0.25, 0.3) is 5.91 Å². The first-order valence-electron chi connectivity index (χ1n) is 6.75. The highest BCUT2D eigenvalue weighted by Gasteiger charge is 2.15. The van der Waals surface area contributed by atoms with Crippen molar-refractivity contribution >= 4 is 11.8 Å². The first-order valence-corrected chi connectivity index (χ1v) is 6.75. The number of carbonyl (C=O) groups is 2. The minimum Gasteiger partial charge on any atom is -0.359 e. The summed E-state index contributed by atoms with van der Waals surface area (Å²) in [5.41, 5.74) is 7.58. The third-order valence-electron chi connectivity index (χ3n) is 3.10. The number of benzene rings is 1. The molecule has 0 aliphatic carbocycles. The van der Waals surface area contributed by atoms with E-state index < -0.39 is 0 Å². The topological polar surface area (TPSA) is 75.4 Å². The first-order chi connectivity index (χ1) is 9.99. The number of nitrogens with one attached hydrogen (secondary N) is 1. The molecular formula is C16H21N3O2. The number of nitrogens with two attached hydrogens (primary N) is 1. The molecule has 0 bridgehead atoms. The fourth-order valence-corrected chi connectivity index (χ4v) is 1.78. The van der Waals surface area contributed by atoms with Gasteiger partial charge in [0.15, 0.2) is 0 Å². The Morgan fingerprint density at radius 2 is 2.10 bits per heavy atom. The lowest BCUT2D eigenvalue weighted by atomic mass is 10.0. The Labute approximate surface area is 125 Å². The van der Waals surface area contributed by atoms with E-state index in [-0.39, 0.29) is 24.8 Å². The van der Waals surface area contributed by atoms with Crippen LogP contribution in [0.5, 0.6) is 0 Å². The van der Waals surface area contributed by atoms with Crippen molar-refractivity contribution in [1.82, 2.24) is 10.2 Å². The average Bonchev–Trinajstić information content (AvgIpc) is 2.50. The summed E-state index contributed by atoms with van der Waals surface area (Å²) >= 11 is 0. The highest BCUT2D eigenvalue weighted by Crippen LogP contribution is 2.13. The lowest BCUT2D eigenvalue weighted by molar-refractivity contribution is -0.120. The summed E-state index contributed by atoms with van der Waals surface area (Å²) in [5.74, 6) is 5.48. The predicted molar refractivity (Wildman–Crippen MR) is 82.8 cm³/mol. The van der Waals surface area contributed by atoms with Crippen LogP contribution in [0.1, 0.15) is 27.9 Å². The van der Waals surface area contributed by atoms with E-state index in [0.29, 0.717) is 12.1 Å². The first kappa shape index (κ1) is 16.7. The zero-order valence-corrected chi connectivity index (χ0v) is 12.7. The van der Waals surface area contributed by atoms with Crippen LogP contribution in [0.4, 0.5) is 0 Å². The Morgan fingerprint density at radius 3 is 2.71 bits per heavy atom. The summed E-state index contributed by atoms with van der Waals surface area (Å²) in [6.07, 6.45) is 0.282. The minimum atomic E-state index is -0.118. The number of hydrogen-bond acceptors (Lipinski definition) is 3. The van der Waals surface area contributed by atoms with Crippen LogP contribution in [-0.4, -0.2) is 43.9 Å². The van der Waals surface area contributed by atoms with Crippen LogP contribution in [0.25, 0.3) is 0 Å². The summed E-state index contributed by atoms with van der Waals surface area (Å²) in [7, 11) is 3.26. The molecule has 21 heavy (non-hydrogen) atoms. The zero-order valence-electron chi connectivity index (χ0n) is 12.7. The van der Waals surface area contributed by atoms with Gasteiger partial charge in [-0.1, -0.05) is 17.9 Å². The van der Waals surface area contributed by atoms with Gasteiger partial charge in [-0.05, 0) is 24.6 Å². The Kier molecular flexibility index (Phi) is 6.44. The smallest absolute Gasteiger partial charge is 0.253 e. The highest BCUT2D eigenvalue weighted by molar-refractivity contribution is 5.96. The monoisotopic (exact) mass is 287 g/mol. The van der Waals surface area contributed by atoms with Crippen LogP contribution < -0.4 is 11.1 Å². The van der Waals surface area contributed by atoms with Crippen LogP contribution >= 0.6 is 0 Å². The molecule has 1 aromatic rings. The van der Waals surface area contributed by atoms with E-state index in [1.807, 2.05) is 19.1 Å². The Bertz CT molecular complexity index is 585. The van der Waals surface area contributed by atoms with Crippen molar-refractivity contribution < 1.29 is 9.59 Å². The van der Waals surface area contributed by atoms with Crippen LogP contribution in [0.15, 0.2) is 18.2 Å². The number of aryl methyl sites for hydroxylation is 1. The normalized spacial score (nSPS) is 9.52. The number of nitrogens with zero attached hydrogens (tertiary/aromatic N) is 1. The lowest BCUT2D eigenvalue weighted by Crippen LogP contribution is -2.31. The van der Waals surface area contributed by atoms with Crippen molar-refractivity contribution in [1.29, 1.82) is 0 Å². The number of hydrogen-bond donors (Lipinski definition) is 2. The number of amides is 2. The fraction of sp³-hybridized carbons (Fsp3) is 0.375. The highest BCUT2D eigenvalue weighted by atomic mass is 16.2. The third kappa shape index (κ3) is 4.93. The van der Waals surface area contributed by atoms with Gasteiger partial charge in [-0.2, -0.15) is 0 Å². The summed E-state index contributed by atoms with van der Waals surface area (Å²) in [6.45, 7) is 2.53. The van der Waals surface area contributed by atoms with E-state index in [9.17, 15) is 9.59 Å². The molecule has 0 spiro atoms. The van der Waals surface area contributed by atoms with Crippen molar-refractivity contribution in [2.24, 2.45) is 5.73 Å². The van der Waals surface area contributed by atoms with E-state index >= 15 is 0 Å². The van der Waals surface area contributed by atoms with Crippen LogP contribution in [0.3, 0.4) is 0 Å². The molecule has 1 rings (SSSR count). The second kappa shape index (κ2) is 8.08. The van der Waals surface area contributed by atoms with Gasteiger partial charge in [0.2, 0.25) is 5.91 Å². The van der Waals surface area contributed by atoms with E-state index in [2.05, 4.69) is 17.2 Å². The quantitative estimate of drug-likeness (QED) is 0.792. The van der Waals surface area contributed by atoms with Gasteiger partial charge in [-0.15, -0.1) is 0 Å². The number of rotatable bonds is 4. The molecule has 0 atom stereocenters. The summed E-state index contributed by atoms with van der Waals surface area (Å²) in [4.78, 5) is 25.2. The molecule has 5 nitrogen and oxygen atoms in total. The van der Waals surface area contributed by atoms with Gasteiger partial charge in [0.05, 0.1) is 6.54 Å². The van der Waals surface area contributed by atoms with E-state index in [0.717, 1.165) is 11.1 Å². The van der Waals surface area contributed by atoms with Crippen molar-refractivity contribution in [3.05, 3.63) is 34.9 Å². The molecule has 0 radical (unpaired) electrons. The molecule has 0 fully saturated rings. The van der Waals surface area contributed by atoms with Crippen molar-refractivity contribution in [2.75, 3.05) is 27.2 Å². The van der Waals surface area contributed by atoms with Crippen molar-refractivity contribution in [3.8, 4) is 11.8 Å². The van der Waals surface area contributed by atoms with Crippen molar-refractivity contribution in [3.63, 3.8) is 0 Å². The van der Waals surface area contributed by atoms with E-state index in [1.165, 1.54) is 4.90 Å². The molecule has 0 heterocycles. The molecule has 0 saturated carbocycles. The van der Waals surface area contributed by atoms with Gasteiger partial charge in [-0.3, -0.25) is 9.59 Å². The van der Waals surface area contributed by atoms with Crippen LogP contribution in [-0.2, 0) is 4.79 Å². The largest absolute Gasteiger partial charge is 0.359 e. The summed E-state index contributed by atoms with van der Waals surface area (Å²) in [6, 6.07) is 5.48. The molecule has 0 aromatic heterocycles. The molecular weight excluding hydrogens is 266 g/mol. The molecule has 0 unspecified atom stereocenters. The Balaban J connectivity index is 2.87. The maximum atomic E-state index is 12.4. The Morgan fingerprint density at radius 1 is 1.38 bits per heavy atom. The molecule has 2 amide bonds. The van der Waals surface area contributed by atoms with Crippen molar-refractivity contribution in [2.45, 2.75) is 13.3 Å². The SMILES string of the molecule is CNC(=O)CCN(C)C(=O)c1cc(C#CCN)ccc1C. The molecule has 0 aliphatic rings. The summed E-state index contributed by atoms with van der Waals surface area (Å²) < 4.78 is 0. The van der Waals surface area contributed by atoms with E-state index in [4.69, 9.17) is 5.73 Å². The molecule has 112 valence electrons. The van der Waals surface area contributed by atoms with Gasteiger partial charge >= 0.3 is 0 Å². The zero-order chi connectivity index (χ0) is 15.8. The second-order valence-electron chi connectivity index (χ2n) is 4.69. The maximum absolute atomic E-state index is 12.4. The maximum Gasteiger partial charge on any atom is 0.253 e. The average molecular weight is 287 g/mol. The van der Waals surface area contributed by atoms with E-state index in [1.54, 1.807) is 20.2 Å². The van der Waals surface area contributed by atoms with Crippen LogP contribution in [0, 0.1) is 18.8 Å². The minimum absolute atomic E-state index is 0.0889. The number of carbonyl (C=O) groups excluding carboxylic acids is 2.